The molecule has 0 saturated heterocycles. The van der Waals surface area contributed by atoms with Crippen LogP contribution in [-0.4, -0.2) is 31.7 Å². The van der Waals surface area contributed by atoms with Gasteiger partial charge in [-0.2, -0.15) is 5.10 Å². The zero-order chi connectivity index (χ0) is 12.4. The fourth-order valence-corrected chi connectivity index (χ4v) is 1.69. The second-order valence-electron chi connectivity index (χ2n) is 3.00. The third-order valence-electron chi connectivity index (χ3n) is 1.99. The van der Waals surface area contributed by atoms with Crippen molar-refractivity contribution in [1.82, 2.24) is 19.7 Å². The largest absolute Gasteiger partial charge is 0.367 e. The molecule has 0 amide bonds. The van der Waals surface area contributed by atoms with Gasteiger partial charge in [-0.15, -0.1) is 0 Å². The highest BCUT2D eigenvalue weighted by atomic mass is 127. The van der Waals surface area contributed by atoms with Gasteiger partial charge in [-0.3, -0.25) is 10.1 Å². The minimum Gasteiger partial charge on any atom is -0.367 e. The lowest BCUT2D eigenvalue weighted by atomic mass is 10.4. The number of nitrogens with zero attached hydrogens (tertiary/aromatic N) is 5. The van der Waals surface area contributed by atoms with E-state index < -0.39 is 4.92 Å². The number of aromatic nitrogens is 4. The van der Waals surface area contributed by atoms with Crippen LogP contribution in [0.25, 0.3) is 5.82 Å². The van der Waals surface area contributed by atoms with Crippen LogP contribution in [0.15, 0.2) is 18.7 Å². The Morgan fingerprint density at radius 1 is 1.53 bits per heavy atom. The van der Waals surface area contributed by atoms with Gasteiger partial charge in [-0.05, 0) is 22.6 Å². The molecule has 2 heterocycles. The first-order valence-electron chi connectivity index (χ1n) is 4.51. The highest BCUT2D eigenvalue weighted by Crippen LogP contribution is 2.26. The molecule has 0 aliphatic rings. The van der Waals surface area contributed by atoms with Gasteiger partial charge in [-0.25, -0.2) is 14.6 Å². The molecule has 0 atom stereocenters. The number of nitrogens with one attached hydrogen (secondary N) is 1. The SMILES string of the molecule is CNc1ncnc(-n2cc(I)cn2)c1[N+](=O)[O-]. The zero-order valence-corrected chi connectivity index (χ0v) is 10.8. The first-order valence-corrected chi connectivity index (χ1v) is 5.59. The molecule has 0 aliphatic heterocycles. The van der Waals surface area contributed by atoms with Gasteiger partial charge in [0.05, 0.1) is 14.7 Å². The average Bonchev–Trinajstić information content (AvgIpc) is 2.74. The quantitative estimate of drug-likeness (QED) is 0.510. The number of anilines is 1. The molecule has 9 heteroatoms. The van der Waals surface area contributed by atoms with Gasteiger partial charge in [0.2, 0.25) is 11.6 Å². The summed E-state index contributed by atoms with van der Waals surface area (Å²) in [4.78, 5) is 18.2. The van der Waals surface area contributed by atoms with E-state index >= 15 is 0 Å². The summed E-state index contributed by atoms with van der Waals surface area (Å²) in [6.45, 7) is 0. The summed E-state index contributed by atoms with van der Waals surface area (Å²) in [6, 6.07) is 0. The molecule has 1 N–H and O–H groups in total. The van der Waals surface area contributed by atoms with Crippen LogP contribution in [0.1, 0.15) is 0 Å². The number of rotatable bonds is 3. The van der Waals surface area contributed by atoms with Crippen LogP contribution < -0.4 is 5.32 Å². The molecule has 0 unspecified atom stereocenters. The van der Waals surface area contributed by atoms with Gasteiger partial charge < -0.3 is 5.32 Å². The van der Waals surface area contributed by atoms with E-state index in [4.69, 9.17) is 0 Å². The lowest BCUT2D eigenvalue weighted by molar-refractivity contribution is -0.384. The van der Waals surface area contributed by atoms with Crippen molar-refractivity contribution in [2.75, 3.05) is 12.4 Å². The van der Waals surface area contributed by atoms with Crippen LogP contribution in [0.5, 0.6) is 0 Å². The van der Waals surface area contributed by atoms with Crippen molar-refractivity contribution >= 4 is 34.1 Å². The Morgan fingerprint density at radius 3 is 2.82 bits per heavy atom. The molecule has 88 valence electrons. The van der Waals surface area contributed by atoms with Gasteiger partial charge in [0.25, 0.3) is 0 Å². The fourth-order valence-electron chi connectivity index (χ4n) is 1.30. The Hall–Kier alpha value is -1.78. The molecule has 0 saturated carbocycles. The molecule has 0 aromatic carbocycles. The first-order chi connectivity index (χ1) is 8.13. The minimum atomic E-state index is -0.532. The first kappa shape index (κ1) is 11.7. The van der Waals surface area contributed by atoms with Crippen LogP contribution >= 0.6 is 22.6 Å². The summed E-state index contributed by atoms with van der Waals surface area (Å²) in [5.74, 6) is 0.294. The monoisotopic (exact) mass is 346 g/mol. The Labute approximate surface area is 109 Å². The van der Waals surface area contributed by atoms with Crippen molar-refractivity contribution in [3.05, 3.63) is 32.4 Å². The van der Waals surface area contributed by atoms with Crippen molar-refractivity contribution in [2.45, 2.75) is 0 Å². The zero-order valence-electron chi connectivity index (χ0n) is 8.66. The molecule has 8 nitrogen and oxygen atoms in total. The maximum Gasteiger partial charge on any atom is 0.355 e. The highest BCUT2D eigenvalue weighted by Gasteiger charge is 2.23. The van der Waals surface area contributed by atoms with E-state index in [2.05, 4.69) is 43.0 Å². The molecule has 2 aromatic rings. The Bertz CT molecular complexity index is 569. The van der Waals surface area contributed by atoms with Crippen LogP contribution in [0, 0.1) is 13.7 Å². The lowest BCUT2D eigenvalue weighted by Gasteiger charge is -2.04. The average molecular weight is 346 g/mol. The molecular weight excluding hydrogens is 339 g/mol. The summed E-state index contributed by atoms with van der Waals surface area (Å²) in [5.41, 5.74) is -0.200. The molecule has 0 bridgehead atoms. The topological polar surface area (TPSA) is 98.8 Å². The molecule has 17 heavy (non-hydrogen) atoms. The summed E-state index contributed by atoms with van der Waals surface area (Å²) < 4.78 is 2.21. The molecule has 0 spiro atoms. The van der Waals surface area contributed by atoms with Gasteiger partial charge in [0, 0.05) is 13.2 Å². The number of hydrogen-bond donors (Lipinski definition) is 1. The lowest BCUT2D eigenvalue weighted by Crippen LogP contribution is -2.07. The number of halogens is 1. The number of hydrogen-bond acceptors (Lipinski definition) is 6. The van der Waals surface area contributed by atoms with Crippen LogP contribution in [0.2, 0.25) is 0 Å². The van der Waals surface area contributed by atoms with E-state index in [0.717, 1.165) is 3.57 Å². The standard InChI is InChI=1S/C8H7IN6O2/c1-10-7-6(15(16)17)8(12-4-11-7)14-3-5(9)2-13-14/h2-4H,1H3,(H,10,11,12). The number of nitro groups is 1. The van der Waals surface area contributed by atoms with Crippen molar-refractivity contribution < 1.29 is 4.92 Å². The maximum absolute atomic E-state index is 11.0. The molecular formula is C8H7IN6O2. The van der Waals surface area contributed by atoms with Crippen LogP contribution in [-0.2, 0) is 0 Å². The molecule has 2 aromatic heterocycles. The second kappa shape index (κ2) is 4.61. The van der Waals surface area contributed by atoms with Crippen molar-refractivity contribution in [2.24, 2.45) is 0 Å². The van der Waals surface area contributed by atoms with Crippen molar-refractivity contribution in [1.29, 1.82) is 0 Å². The van der Waals surface area contributed by atoms with E-state index in [0.29, 0.717) is 0 Å². The van der Waals surface area contributed by atoms with E-state index in [1.165, 1.54) is 11.0 Å². The van der Waals surface area contributed by atoms with Crippen LogP contribution in [0.4, 0.5) is 11.5 Å². The molecule has 0 fully saturated rings. The normalized spacial score (nSPS) is 10.2. The Kier molecular flexibility index (Phi) is 3.17. The third-order valence-corrected chi connectivity index (χ3v) is 2.55. The van der Waals surface area contributed by atoms with Crippen molar-refractivity contribution in [3.8, 4) is 5.82 Å². The molecule has 2 rings (SSSR count). The van der Waals surface area contributed by atoms with Gasteiger partial charge in [0.15, 0.2) is 0 Å². The minimum absolute atomic E-state index is 0.136. The van der Waals surface area contributed by atoms with E-state index in [1.54, 1.807) is 19.4 Å². The van der Waals surface area contributed by atoms with E-state index in [9.17, 15) is 10.1 Å². The van der Waals surface area contributed by atoms with E-state index in [-0.39, 0.29) is 17.3 Å². The molecule has 0 aliphatic carbocycles. The maximum atomic E-state index is 11.0. The van der Waals surface area contributed by atoms with Gasteiger partial charge in [0.1, 0.15) is 6.33 Å². The smallest absolute Gasteiger partial charge is 0.355 e. The second-order valence-corrected chi connectivity index (χ2v) is 4.25. The Morgan fingerprint density at radius 2 is 2.29 bits per heavy atom. The predicted octanol–water partition coefficient (Wildman–Crippen LogP) is 1.22. The summed E-state index contributed by atoms with van der Waals surface area (Å²) in [6.07, 6.45) is 4.49. The summed E-state index contributed by atoms with van der Waals surface area (Å²) in [7, 11) is 1.56. The summed E-state index contributed by atoms with van der Waals surface area (Å²) >= 11 is 2.06. The Balaban J connectivity index is 2.65. The fraction of sp³-hybridized carbons (Fsp3) is 0.125. The van der Waals surface area contributed by atoms with Crippen molar-refractivity contribution in [3.63, 3.8) is 0 Å². The van der Waals surface area contributed by atoms with Gasteiger partial charge in [-0.1, -0.05) is 0 Å². The van der Waals surface area contributed by atoms with Gasteiger partial charge >= 0.3 is 5.69 Å². The van der Waals surface area contributed by atoms with E-state index in [1.807, 2.05) is 0 Å². The third kappa shape index (κ3) is 2.18. The highest BCUT2D eigenvalue weighted by molar-refractivity contribution is 14.1. The summed E-state index contributed by atoms with van der Waals surface area (Å²) in [5, 5.41) is 17.7. The predicted molar refractivity (Wildman–Crippen MR) is 68.1 cm³/mol. The molecule has 0 radical (unpaired) electrons. The van der Waals surface area contributed by atoms with Crippen LogP contribution in [0.3, 0.4) is 0 Å².